The van der Waals surface area contributed by atoms with E-state index in [1.54, 1.807) is 0 Å². The lowest BCUT2D eigenvalue weighted by atomic mass is 9.88. The Hall–Kier alpha value is -8.57. The van der Waals surface area contributed by atoms with E-state index >= 15 is 0 Å². The summed E-state index contributed by atoms with van der Waals surface area (Å²) in [7, 11) is -18.8. The number of esters is 4. The standard InChI is InChI=1S/C24H31N3O6S.C23H27NO7S.C20H26NO7PS.C20H25NO4S.C4H4O3.CH4.I2/c25-15-23(29)26-16-24(30)33-20-6-8-21(9-7-20)34(31,32)13-12-27-11-10-19(22(28)17-27)14-18-4-2-1-3-5-18;25-21-16-24(11-10-18(21)14-17-4-2-1-3-5-17)12-13-32(29,30)20-8-6-19(7-9-20)31-23(28)15-22(26)27;22-20-15-21(11-10-17(20)14-16-4-2-1-3-5-16)12-13-30(26,27)19-8-6-18(7-9-19)28-29(23,24)25;22-18-6-8-19(9-7-18)26(24,25)13-12-21-11-10-17(20(23)15-21)14-16-4-2-1-3-5-16;5-3-1-2-4(6)7-3;;1-2/h1-9,19,22,28H,10-17,25H2,(H,26,29);1-9,18,21,25H,10-16H2,(H,26,27);1-9,17,20,22H,10-15H2,(H2,23,24,25);1-9,17,20,22-23H,10-15H2;1-2H2;1H4;/t19-,22-;18-,21-;2*17-,20-;;;/m1111.../s1. The average molecular weight is 2150 g/mol. The number of aliphatic hydroxyl groups is 4. The minimum atomic E-state index is -4.69. The molecule has 8 aromatic carbocycles. The van der Waals surface area contributed by atoms with Crippen LogP contribution in [0.4, 0.5) is 0 Å². The maximum Gasteiger partial charge on any atom is 0.524 e. The molecule has 33 nitrogen and oxygen atoms in total. The van der Waals surface area contributed by atoms with Crippen molar-refractivity contribution >= 4 is 120 Å². The lowest BCUT2D eigenvalue weighted by Gasteiger charge is -2.36. The molecule has 5 saturated heterocycles. The Morgan fingerprint density at radius 2 is 0.689 bits per heavy atom. The van der Waals surface area contributed by atoms with Gasteiger partial charge in [-0.25, -0.2) is 43.0 Å². The molecule has 0 unspecified atom stereocenters. The van der Waals surface area contributed by atoms with Crippen molar-refractivity contribution in [1.29, 1.82) is 0 Å². The second kappa shape index (κ2) is 54.8. The van der Waals surface area contributed by atoms with Crippen molar-refractivity contribution in [1.82, 2.24) is 24.9 Å². The van der Waals surface area contributed by atoms with Gasteiger partial charge in [-0.2, -0.15) is 0 Å². The van der Waals surface area contributed by atoms with Crippen LogP contribution in [0.2, 0.25) is 0 Å². The van der Waals surface area contributed by atoms with Crippen molar-refractivity contribution in [3.63, 3.8) is 0 Å². The number of amides is 1. The molecule has 0 spiro atoms. The SMILES string of the molecule is C.II.NCC(=O)NCC(=O)Oc1ccc(S(=O)(=O)CCN2CC[C@H](Cc3ccccc3)[C@H](O)C2)cc1.O=C(O)CC(=O)Oc1ccc(S(=O)(=O)CCN2CC[C@H](Cc3ccccc3)[C@H](O)C2)cc1.O=C1CCC(=O)O1.O=P(O)(O)Oc1ccc(S(=O)(=O)CCN2CC[C@H](Cc3ccccc3)[C@H](O)C2)cc1.O=S(=O)(CCN1CC[C@H](Cc2ccccc2)[C@H](O)C1)c1ccc(O)cc1. The third-order valence-electron chi connectivity index (χ3n) is 22.4. The summed E-state index contributed by atoms with van der Waals surface area (Å²) in [5.41, 5.74) is 9.93. The monoisotopic (exact) mass is 2150 g/mol. The van der Waals surface area contributed by atoms with Gasteiger partial charge in [-0.1, -0.05) is 129 Å². The third kappa shape index (κ3) is 39.0. The summed E-state index contributed by atoms with van der Waals surface area (Å²) < 4.78 is 130. The number of phenolic OH excluding ortho intramolecular Hbond substituents is 1. The van der Waals surface area contributed by atoms with E-state index in [4.69, 9.17) is 30.1 Å². The predicted octanol–water partition coefficient (Wildman–Crippen LogP) is 8.34. The summed E-state index contributed by atoms with van der Waals surface area (Å²) in [6, 6.07) is 61.6. The van der Waals surface area contributed by atoms with Crippen LogP contribution in [0.15, 0.2) is 238 Å². The number of halogens is 2. The largest absolute Gasteiger partial charge is 0.524 e. The minimum absolute atomic E-state index is 0. The van der Waals surface area contributed by atoms with Crippen molar-refractivity contribution < 1.29 is 126 Å². The minimum Gasteiger partial charge on any atom is -0.508 e. The summed E-state index contributed by atoms with van der Waals surface area (Å²) in [6.07, 6.45) is 4.32. The summed E-state index contributed by atoms with van der Waals surface area (Å²) in [5.74, 6) is -3.59. The first kappa shape index (κ1) is 110. The Labute approximate surface area is 794 Å². The number of nitrogens with zero attached hydrogens (tertiary/aromatic N) is 4. The summed E-state index contributed by atoms with van der Waals surface area (Å²) in [4.78, 5) is 90.7. The van der Waals surface area contributed by atoms with Gasteiger partial charge in [0, 0.05) is 89.6 Å². The molecule has 1 amide bonds. The fraction of sp³-hybridized carbons (Fsp3) is 0.413. The van der Waals surface area contributed by atoms with Gasteiger partial charge >= 0.3 is 37.7 Å². The molecule has 8 atom stereocenters. The number of hydrogen-bond donors (Lipinski definition) is 10. The first-order chi connectivity index (χ1) is 62.3. The number of rotatable bonds is 33. The number of hydrogen-bond acceptors (Lipinski definition) is 29. The number of β-amino-alcohol motifs (C(OH)–C–C–N with tert-alkyl or cyclic N) is 4. The van der Waals surface area contributed by atoms with E-state index in [-0.39, 0.29) is 123 Å². The van der Waals surface area contributed by atoms with Crippen molar-refractivity contribution in [2.24, 2.45) is 29.4 Å². The number of aliphatic hydroxyl groups excluding tert-OH is 4. The van der Waals surface area contributed by atoms with E-state index < -0.39 is 114 Å². The van der Waals surface area contributed by atoms with Crippen LogP contribution in [0, 0.1) is 23.7 Å². The number of likely N-dealkylation sites (tertiary alicyclic amines) is 4. The van der Waals surface area contributed by atoms with E-state index in [1.165, 1.54) is 119 Å². The van der Waals surface area contributed by atoms with Gasteiger partial charge in [-0.05, 0) is 221 Å². The Kier molecular flexibility index (Phi) is 45.9. The number of phenols is 1. The molecule has 0 aromatic heterocycles. The molecule has 5 heterocycles. The Morgan fingerprint density at radius 1 is 0.424 bits per heavy atom. The zero-order chi connectivity index (χ0) is 95.3. The Bertz CT molecular complexity index is 5450. The van der Waals surface area contributed by atoms with Gasteiger partial charge in [-0.15, -0.1) is 0 Å². The maximum atomic E-state index is 12.7. The molecule has 5 fully saturated rings. The summed E-state index contributed by atoms with van der Waals surface area (Å²) >= 11 is 4.24. The van der Waals surface area contributed by atoms with Crippen LogP contribution >= 0.6 is 45.1 Å². The highest BCUT2D eigenvalue weighted by atomic mass is 128. The molecule has 0 bridgehead atoms. The highest BCUT2D eigenvalue weighted by Gasteiger charge is 2.34. The molecule has 5 aliphatic heterocycles. The van der Waals surface area contributed by atoms with E-state index in [0.717, 1.165) is 77.5 Å². The lowest BCUT2D eigenvalue weighted by molar-refractivity contribution is -0.152. The molecule has 0 saturated carbocycles. The van der Waals surface area contributed by atoms with Gasteiger partial charge < -0.3 is 60.4 Å². The van der Waals surface area contributed by atoms with E-state index in [0.29, 0.717) is 52.4 Å². The van der Waals surface area contributed by atoms with Crippen molar-refractivity contribution in [2.45, 2.75) is 122 Å². The molecule has 11 N–H and O–H groups in total. The molecule has 132 heavy (non-hydrogen) atoms. The van der Waals surface area contributed by atoms with Crippen LogP contribution < -0.4 is 25.0 Å². The molecule has 13 rings (SSSR count). The quantitative estimate of drug-likeness (QED) is 0.00607. The lowest BCUT2D eigenvalue weighted by Crippen LogP contribution is -2.46. The molecule has 8 aromatic rings. The van der Waals surface area contributed by atoms with Crippen molar-refractivity contribution in [3.05, 3.63) is 241 Å². The van der Waals surface area contributed by atoms with Crippen molar-refractivity contribution in [3.8, 4) is 23.0 Å². The molecular weight excluding hydrogens is 2030 g/mol. The number of piperidine rings is 4. The number of carboxylic acids is 1. The fourth-order valence-electron chi connectivity index (χ4n) is 15.1. The van der Waals surface area contributed by atoms with Crippen LogP contribution in [0.25, 0.3) is 0 Å². The number of carbonyl (C=O) groups excluding carboxylic acids is 5. The smallest absolute Gasteiger partial charge is 0.508 e. The van der Waals surface area contributed by atoms with Crippen molar-refractivity contribution in [2.75, 3.05) is 115 Å². The number of carboxylic acid groups (broad SMARTS) is 1. The number of nitrogens with two attached hydrogens (primary N) is 1. The summed E-state index contributed by atoms with van der Waals surface area (Å²) in [6.45, 7) is 5.58. The van der Waals surface area contributed by atoms with Gasteiger partial charge in [0.1, 0.15) is 36.0 Å². The predicted molar refractivity (Wildman–Crippen MR) is 512 cm³/mol. The first-order valence-corrected chi connectivity index (χ1v) is 56.8. The highest BCUT2D eigenvalue weighted by Crippen LogP contribution is 2.38. The van der Waals surface area contributed by atoms with E-state index in [1.807, 2.05) is 117 Å². The second-order valence-electron chi connectivity index (χ2n) is 32.0. The van der Waals surface area contributed by atoms with Gasteiger partial charge in [0.05, 0.1) is 86.4 Å². The number of sulfone groups is 4. The van der Waals surface area contributed by atoms with Crippen LogP contribution in [-0.2, 0) is 103 Å². The topological polar surface area (TPSA) is 506 Å². The number of aliphatic carboxylic acids is 1. The first-order valence-electron chi connectivity index (χ1n) is 42.3. The number of nitrogens with one attached hydrogen (secondary N) is 1. The molecule has 40 heteroatoms. The van der Waals surface area contributed by atoms with Gasteiger partial charge in [-0.3, -0.25) is 53.4 Å². The zero-order valence-corrected chi connectivity index (χ0v) is 80.4. The van der Waals surface area contributed by atoms with Crippen LogP contribution in [0.3, 0.4) is 0 Å². The second-order valence-corrected chi connectivity index (χ2v) is 41.6. The average Bonchev–Trinajstić information content (AvgIpc) is 1.10. The molecule has 0 radical (unpaired) electrons. The molecule has 0 aliphatic carbocycles. The number of ether oxygens (including phenoxy) is 3. The fourth-order valence-corrected chi connectivity index (χ4v) is 20.7. The summed E-state index contributed by atoms with van der Waals surface area (Å²) in [5, 5.41) is 62.2. The maximum absolute atomic E-state index is 12.7. The number of phosphoric ester groups is 1. The normalized spacial score (nSPS) is 19.6. The number of aromatic hydroxyl groups is 1. The number of carbonyl (C=O) groups is 6. The number of benzene rings is 8. The van der Waals surface area contributed by atoms with Crippen LogP contribution in [0.1, 0.15) is 74.6 Å². The zero-order valence-electron chi connectivity index (χ0n) is 71.9. The number of phosphoric acid groups is 1. The highest BCUT2D eigenvalue weighted by molar-refractivity contribution is 15.0. The van der Waals surface area contributed by atoms with Crippen LogP contribution in [-0.4, -0.2) is 269 Å². The van der Waals surface area contributed by atoms with E-state index in [2.05, 4.69) is 76.1 Å². The van der Waals surface area contributed by atoms with Gasteiger partial charge in [0.25, 0.3) is 0 Å². The van der Waals surface area contributed by atoms with Gasteiger partial charge in [0.2, 0.25) is 5.91 Å². The Balaban J connectivity index is 0.000000233. The van der Waals surface area contributed by atoms with E-state index in [9.17, 15) is 92.5 Å². The Morgan fingerprint density at radius 3 is 0.932 bits per heavy atom. The number of cyclic esters (lactones) is 2. The molecule has 5 aliphatic rings. The van der Waals surface area contributed by atoms with Gasteiger partial charge in [0.15, 0.2) is 39.3 Å². The van der Waals surface area contributed by atoms with Crippen LogP contribution in [0.5, 0.6) is 23.0 Å². The molecular formula is C92H117I2N6O27PS4. The molecule has 720 valence electrons. The third-order valence-corrected chi connectivity index (χ3v) is 29.7.